The van der Waals surface area contributed by atoms with Gasteiger partial charge < -0.3 is 39.9 Å². The lowest BCUT2D eigenvalue weighted by Crippen LogP contribution is -2.52. The number of nitrogens with one attached hydrogen (secondary N) is 4. The molecule has 5 aromatic rings. The molecule has 14 nitrogen and oxygen atoms in total. The molecule has 0 saturated carbocycles. The molecule has 2 aliphatic heterocycles. The molecule has 0 aliphatic carbocycles. The Kier molecular flexibility index (Phi) is 14.9. The Morgan fingerprint density at radius 2 is 1.46 bits per heavy atom. The lowest BCUT2D eigenvalue weighted by atomic mass is 9.99. The number of hydrogen-bond acceptors (Lipinski definition) is 8. The van der Waals surface area contributed by atoms with E-state index in [4.69, 9.17) is 9.72 Å². The number of alkyl halides is 2. The highest BCUT2D eigenvalue weighted by Crippen LogP contribution is 2.42. The maximum atomic E-state index is 14.8. The summed E-state index contributed by atoms with van der Waals surface area (Å²) >= 11 is 0. The van der Waals surface area contributed by atoms with Crippen molar-refractivity contribution in [3.05, 3.63) is 72.4 Å². The minimum Gasteiger partial charge on any atom is -0.453 e. The number of amides is 4. The number of benzene rings is 3. The van der Waals surface area contributed by atoms with Crippen molar-refractivity contribution in [1.29, 1.82) is 0 Å². The number of fused-ring (bicyclic) bond motifs is 3. The van der Waals surface area contributed by atoms with Crippen molar-refractivity contribution in [3.8, 4) is 22.4 Å². The number of aromatic amines is 2. The molecule has 2 fully saturated rings. The highest BCUT2D eigenvalue weighted by molar-refractivity contribution is 6.78. The Labute approximate surface area is 378 Å². The summed E-state index contributed by atoms with van der Waals surface area (Å²) in [6, 6.07) is 15.9. The van der Waals surface area contributed by atoms with E-state index in [0.29, 0.717) is 11.9 Å². The molecule has 2 aromatic heterocycles. The summed E-state index contributed by atoms with van der Waals surface area (Å²) in [6.45, 7) is 13.0. The molecule has 0 radical (unpaired) electrons. The fraction of sp³-hybridized carbons (Fsp3) is 0.455. The zero-order chi connectivity index (χ0) is 44.0. The van der Waals surface area contributed by atoms with Gasteiger partial charge in [-0.05, 0) is 59.0 Å². The van der Waals surface area contributed by atoms with Gasteiger partial charge in [-0.2, -0.15) is 0 Å². The van der Waals surface area contributed by atoms with E-state index in [2.05, 4.69) is 55.5 Å². The number of halogens is 4. The number of methoxy groups -OCH3 is 1. The molecule has 19 heteroatoms. The quantitative estimate of drug-likeness (QED) is 0.0951. The number of likely N-dealkylation sites (tertiary alicyclic amines) is 1. The van der Waals surface area contributed by atoms with E-state index in [1.165, 1.54) is 7.11 Å². The van der Waals surface area contributed by atoms with E-state index in [9.17, 15) is 28.0 Å². The molecule has 0 bridgehead atoms. The van der Waals surface area contributed by atoms with Gasteiger partial charge in [0, 0.05) is 18.0 Å². The first-order chi connectivity index (χ1) is 28.9. The fourth-order valence-electron chi connectivity index (χ4n) is 8.56. The average Bonchev–Trinajstić information content (AvgIpc) is 4.02. The Hall–Kier alpha value is -5.26. The van der Waals surface area contributed by atoms with E-state index < -0.39 is 63.2 Å². The van der Waals surface area contributed by atoms with Gasteiger partial charge in [-0.25, -0.2) is 28.3 Å². The number of carbonyl (C=O) groups excluding carboxylic acids is 4. The van der Waals surface area contributed by atoms with Gasteiger partial charge in [-0.1, -0.05) is 83.3 Å². The summed E-state index contributed by atoms with van der Waals surface area (Å²) in [4.78, 5) is 71.2. The number of alkyl carbamates (subject to hydrolysis) is 2. The van der Waals surface area contributed by atoms with Crippen molar-refractivity contribution in [1.82, 2.24) is 40.4 Å². The molecule has 4 amide bonds. The van der Waals surface area contributed by atoms with Gasteiger partial charge in [-0.15, -0.1) is 24.8 Å². The van der Waals surface area contributed by atoms with Crippen LogP contribution < -0.4 is 10.6 Å². The third-order valence-corrected chi connectivity index (χ3v) is 14.4. The number of aromatic nitrogens is 4. The second-order valence-corrected chi connectivity index (χ2v) is 22.7. The predicted octanol–water partition coefficient (Wildman–Crippen LogP) is 8.81. The highest BCUT2D eigenvalue weighted by atomic mass is 35.5. The van der Waals surface area contributed by atoms with E-state index in [1.807, 2.05) is 61.2 Å². The first kappa shape index (κ1) is 48.8. The van der Waals surface area contributed by atoms with E-state index in [0.717, 1.165) is 55.3 Å². The van der Waals surface area contributed by atoms with Crippen LogP contribution in [0.15, 0.2) is 60.8 Å². The zero-order valence-electron chi connectivity index (χ0n) is 36.6. The molecule has 0 spiro atoms. The van der Waals surface area contributed by atoms with Gasteiger partial charge in [0.2, 0.25) is 11.8 Å². The van der Waals surface area contributed by atoms with Crippen LogP contribution in [0.5, 0.6) is 0 Å². The first-order valence-corrected chi connectivity index (χ1v) is 24.1. The molecule has 0 unspecified atom stereocenters. The molecule has 63 heavy (non-hydrogen) atoms. The van der Waals surface area contributed by atoms with Crippen LogP contribution in [0, 0.1) is 11.8 Å². The summed E-state index contributed by atoms with van der Waals surface area (Å²) in [7, 11) is -0.638. The van der Waals surface area contributed by atoms with E-state index in [-0.39, 0.29) is 61.0 Å². The second-order valence-electron chi connectivity index (χ2n) is 17.6. The van der Waals surface area contributed by atoms with Gasteiger partial charge in [0.15, 0.2) is 0 Å². The molecule has 340 valence electrons. The van der Waals surface area contributed by atoms with Crippen LogP contribution in [-0.4, -0.2) is 106 Å². The molecule has 2 saturated heterocycles. The van der Waals surface area contributed by atoms with Crippen molar-refractivity contribution >= 4 is 78.7 Å². The van der Waals surface area contributed by atoms with Crippen molar-refractivity contribution < 1.29 is 37.4 Å². The molecular formula is C44H56Cl2F2N8O6Si. The summed E-state index contributed by atoms with van der Waals surface area (Å²) in [5.74, 6) is -3.45. The van der Waals surface area contributed by atoms with E-state index >= 15 is 0 Å². The Morgan fingerprint density at radius 1 is 0.841 bits per heavy atom. The molecule has 2 aliphatic rings. The lowest BCUT2D eigenvalue weighted by molar-refractivity contribution is -0.137. The third kappa shape index (κ3) is 10.3. The van der Waals surface area contributed by atoms with Gasteiger partial charge in [-0.3, -0.25) is 9.59 Å². The molecule has 3 aromatic carbocycles. The second kappa shape index (κ2) is 19.2. The monoisotopic (exact) mass is 928 g/mol. The number of H-pyrrole nitrogens is 2. The number of nitrogens with zero attached hydrogens (tertiary/aromatic N) is 4. The fourth-order valence-corrected chi connectivity index (χ4v) is 11.4. The molecule has 4 N–H and O–H groups in total. The van der Waals surface area contributed by atoms with Gasteiger partial charge in [0.05, 0.1) is 63.3 Å². The summed E-state index contributed by atoms with van der Waals surface area (Å²) in [5, 5.41) is 7.23. The minimum absolute atomic E-state index is 0. The maximum Gasteiger partial charge on any atom is 0.407 e. The minimum atomic E-state index is -3.13. The smallest absolute Gasteiger partial charge is 0.407 e. The molecule has 4 heterocycles. The normalized spacial score (nSPS) is 18.8. The van der Waals surface area contributed by atoms with Crippen LogP contribution in [0.25, 0.3) is 44.2 Å². The number of hydrogen-bond donors (Lipinski definition) is 4. The number of imidazole rings is 2. The van der Waals surface area contributed by atoms with Gasteiger partial charge in [0.1, 0.15) is 23.7 Å². The van der Waals surface area contributed by atoms with Crippen LogP contribution in [0.3, 0.4) is 0 Å². The number of ether oxygens (including phenoxy) is 2. The van der Waals surface area contributed by atoms with Crippen LogP contribution in [0.1, 0.15) is 64.8 Å². The van der Waals surface area contributed by atoms with Crippen LogP contribution in [0.4, 0.5) is 18.4 Å². The van der Waals surface area contributed by atoms with Crippen molar-refractivity contribution in [2.75, 3.05) is 26.4 Å². The first-order valence-electron chi connectivity index (χ1n) is 20.7. The topological polar surface area (TPSA) is 175 Å². The Bertz CT molecular complexity index is 2460. The summed E-state index contributed by atoms with van der Waals surface area (Å²) in [6.07, 6.45) is 0.201. The SMILES string of the molecule is CCOC(=O)N[C@H](C(=O)N1C[Si](C)(C)C[C@H]1c1nc2c(ccc3cc(-c4ccc(-c5cnc([C@@H]6CC(F)(F)CN6C(=O)[C@@H](NC(=O)OC)C(C)C)[nH]5)cc4)ccc32)[nH]1)C(C)C.Cl.Cl. The van der Waals surface area contributed by atoms with Gasteiger partial charge >= 0.3 is 12.2 Å². The Balaban J connectivity index is 0.00000374. The van der Waals surface area contributed by atoms with E-state index in [1.54, 1.807) is 27.0 Å². The molecule has 4 atom stereocenters. The lowest BCUT2D eigenvalue weighted by Gasteiger charge is -2.30. The maximum absolute atomic E-state index is 14.8. The predicted molar refractivity (Wildman–Crippen MR) is 245 cm³/mol. The summed E-state index contributed by atoms with van der Waals surface area (Å²) < 4.78 is 39.5. The highest BCUT2D eigenvalue weighted by Gasteiger charge is 2.50. The van der Waals surface area contributed by atoms with Crippen molar-refractivity contribution in [3.63, 3.8) is 0 Å². The number of carbonyl (C=O) groups is 4. The molecular weight excluding hydrogens is 874 g/mol. The largest absolute Gasteiger partial charge is 0.453 e. The zero-order valence-corrected chi connectivity index (χ0v) is 39.2. The van der Waals surface area contributed by atoms with Crippen molar-refractivity contribution in [2.45, 2.75) is 90.3 Å². The van der Waals surface area contributed by atoms with Gasteiger partial charge in [0.25, 0.3) is 5.92 Å². The third-order valence-electron chi connectivity index (χ3n) is 11.7. The average molecular weight is 930 g/mol. The van der Waals surface area contributed by atoms with Crippen LogP contribution >= 0.6 is 24.8 Å². The Morgan fingerprint density at radius 3 is 2.10 bits per heavy atom. The molecule has 7 rings (SSSR count). The standard InChI is InChI=1S/C44H54F2N8O6Si.2ClH/c1-9-60-43(58)52-36(25(4)5)41(56)54-23-61(7,8)21-34(54)39-48-31-17-15-29-18-28(14-16-30(29)37(31)50-39)26-10-12-27(13-11-26)32-20-47-38(49-32)33-19-44(45,46)22-53(33)40(55)35(24(2)3)51-42(57)59-6;;/h10-18,20,24-25,33-36H,9,19,21-23H2,1-8H3,(H,47,49)(H,48,50)(H,51,57)(H,52,58);2*1H/t33-,34-,35-,36-;;/m0../s1. The summed E-state index contributed by atoms with van der Waals surface area (Å²) in [5.41, 5.74) is 5.02. The van der Waals surface area contributed by atoms with Crippen LogP contribution in [0.2, 0.25) is 19.1 Å². The van der Waals surface area contributed by atoms with Crippen LogP contribution in [-0.2, 0) is 19.1 Å². The van der Waals surface area contributed by atoms with Crippen molar-refractivity contribution in [2.24, 2.45) is 11.8 Å². The number of rotatable bonds is 11.